The normalized spacial score (nSPS) is 12.6. The maximum absolute atomic E-state index is 13.0. The summed E-state index contributed by atoms with van der Waals surface area (Å²) < 4.78 is 10.8. The van der Waals surface area contributed by atoms with Crippen LogP contribution in [0.5, 0.6) is 11.5 Å². The third-order valence-electron chi connectivity index (χ3n) is 4.84. The fourth-order valence-electron chi connectivity index (χ4n) is 2.76. The maximum atomic E-state index is 13.0. The molecule has 6 nitrogen and oxygen atoms in total. The second-order valence-corrected chi connectivity index (χ2v) is 7.55. The van der Waals surface area contributed by atoms with Crippen molar-refractivity contribution in [1.29, 1.82) is 0 Å². The lowest BCUT2D eigenvalue weighted by Crippen LogP contribution is -2.50. The van der Waals surface area contributed by atoms with Gasteiger partial charge in [-0.25, -0.2) is 0 Å². The monoisotopic (exact) mass is 432 g/mol. The van der Waals surface area contributed by atoms with Crippen molar-refractivity contribution in [3.8, 4) is 11.5 Å². The quantitative estimate of drug-likeness (QED) is 0.614. The van der Waals surface area contributed by atoms with Crippen molar-refractivity contribution in [3.63, 3.8) is 0 Å². The molecule has 0 fully saturated rings. The summed E-state index contributed by atoms with van der Waals surface area (Å²) in [5.41, 5.74) is 0.884. The second-order valence-electron chi connectivity index (χ2n) is 7.11. The van der Waals surface area contributed by atoms with Crippen molar-refractivity contribution in [2.45, 2.75) is 45.8 Å². The topological polar surface area (TPSA) is 67.9 Å². The molecule has 0 aliphatic rings. The number of hydrogen-bond acceptors (Lipinski definition) is 4. The molecule has 2 aromatic rings. The summed E-state index contributed by atoms with van der Waals surface area (Å²) in [6.07, 6.45) is 0.808. The molecule has 0 radical (unpaired) electrons. The van der Waals surface area contributed by atoms with E-state index in [1.807, 2.05) is 38.1 Å². The summed E-state index contributed by atoms with van der Waals surface area (Å²) in [4.78, 5) is 27.2. The highest BCUT2D eigenvalue weighted by molar-refractivity contribution is 6.30. The van der Waals surface area contributed by atoms with Gasteiger partial charge in [-0.05, 0) is 56.2 Å². The first-order valence-corrected chi connectivity index (χ1v) is 10.3. The van der Waals surface area contributed by atoms with E-state index in [1.54, 1.807) is 38.3 Å². The molecule has 0 heterocycles. The Hall–Kier alpha value is -2.73. The first-order valence-electron chi connectivity index (χ1n) is 9.95. The molecule has 2 aromatic carbocycles. The Kier molecular flexibility index (Phi) is 8.99. The van der Waals surface area contributed by atoms with Crippen LogP contribution in [-0.2, 0) is 16.1 Å². The van der Waals surface area contributed by atoms with Gasteiger partial charge in [0.15, 0.2) is 6.61 Å². The molecular formula is C23H29ClN2O4. The average molecular weight is 433 g/mol. The molecule has 0 aliphatic carbocycles. The van der Waals surface area contributed by atoms with Crippen LogP contribution in [0.3, 0.4) is 0 Å². The van der Waals surface area contributed by atoms with Crippen LogP contribution in [0.25, 0.3) is 0 Å². The van der Waals surface area contributed by atoms with Crippen molar-refractivity contribution in [2.24, 2.45) is 0 Å². The molecule has 0 saturated carbocycles. The Labute approximate surface area is 183 Å². The molecule has 162 valence electrons. The van der Waals surface area contributed by atoms with Crippen LogP contribution in [-0.4, -0.2) is 42.5 Å². The number of carbonyl (C=O) groups is 2. The SMILES string of the molecule is CC[C@@H](C)NC(=O)[C@H](C)N(Cc1ccc(OC)cc1)C(=O)COc1cccc(Cl)c1. The van der Waals surface area contributed by atoms with E-state index >= 15 is 0 Å². The molecule has 1 N–H and O–H groups in total. The fraction of sp³-hybridized carbons (Fsp3) is 0.391. The second kappa shape index (κ2) is 11.5. The van der Waals surface area contributed by atoms with Crippen LogP contribution in [0.4, 0.5) is 0 Å². The predicted molar refractivity (Wildman–Crippen MR) is 118 cm³/mol. The maximum Gasteiger partial charge on any atom is 0.261 e. The molecule has 0 bridgehead atoms. The Balaban J connectivity index is 2.15. The van der Waals surface area contributed by atoms with E-state index in [-0.39, 0.29) is 31.0 Å². The van der Waals surface area contributed by atoms with Gasteiger partial charge in [-0.15, -0.1) is 0 Å². The molecule has 2 amide bonds. The van der Waals surface area contributed by atoms with Gasteiger partial charge in [0, 0.05) is 17.6 Å². The number of amides is 2. The van der Waals surface area contributed by atoms with E-state index in [4.69, 9.17) is 21.1 Å². The third-order valence-corrected chi connectivity index (χ3v) is 5.07. The van der Waals surface area contributed by atoms with Gasteiger partial charge in [-0.1, -0.05) is 36.7 Å². The number of nitrogens with one attached hydrogen (secondary N) is 1. The summed E-state index contributed by atoms with van der Waals surface area (Å²) in [5, 5.41) is 3.46. The van der Waals surface area contributed by atoms with Crippen molar-refractivity contribution < 1.29 is 19.1 Å². The molecular weight excluding hydrogens is 404 g/mol. The number of halogens is 1. The van der Waals surface area contributed by atoms with Gasteiger partial charge in [0.1, 0.15) is 17.5 Å². The van der Waals surface area contributed by atoms with Crippen molar-refractivity contribution in [2.75, 3.05) is 13.7 Å². The summed E-state index contributed by atoms with van der Waals surface area (Å²) in [7, 11) is 1.60. The van der Waals surface area contributed by atoms with Gasteiger partial charge in [0.05, 0.1) is 7.11 Å². The van der Waals surface area contributed by atoms with Gasteiger partial charge in [-0.3, -0.25) is 9.59 Å². The largest absolute Gasteiger partial charge is 0.497 e. The highest BCUT2D eigenvalue weighted by Crippen LogP contribution is 2.18. The predicted octanol–water partition coefficient (Wildman–Crippen LogP) is 4.06. The van der Waals surface area contributed by atoms with Crippen LogP contribution in [0, 0.1) is 0 Å². The van der Waals surface area contributed by atoms with Crippen molar-refractivity contribution in [1.82, 2.24) is 10.2 Å². The van der Waals surface area contributed by atoms with E-state index in [2.05, 4.69) is 5.32 Å². The zero-order valence-corrected chi connectivity index (χ0v) is 18.6. The Morgan fingerprint density at radius 1 is 1.10 bits per heavy atom. The fourth-order valence-corrected chi connectivity index (χ4v) is 2.94. The number of methoxy groups -OCH3 is 1. The molecule has 2 atom stereocenters. The zero-order chi connectivity index (χ0) is 22.1. The first-order chi connectivity index (χ1) is 14.3. The summed E-state index contributed by atoms with van der Waals surface area (Å²) in [5.74, 6) is 0.729. The van der Waals surface area contributed by atoms with Crippen molar-refractivity contribution >= 4 is 23.4 Å². The van der Waals surface area contributed by atoms with Gasteiger partial charge >= 0.3 is 0 Å². The summed E-state index contributed by atoms with van der Waals surface area (Å²) >= 11 is 5.97. The third kappa shape index (κ3) is 6.95. The molecule has 0 aromatic heterocycles. The standard InChI is InChI=1S/C23H29ClN2O4/c1-5-16(2)25-23(28)17(3)26(14-18-9-11-20(29-4)12-10-18)22(27)15-30-21-8-6-7-19(24)13-21/h6-13,16-17H,5,14-15H2,1-4H3,(H,25,28)/t16-,17+/m1/s1. The van der Waals surface area contributed by atoms with Gasteiger partial charge in [-0.2, -0.15) is 0 Å². The molecule has 0 unspecified atom stereocenters. The highest BCUT2D eigenvalue weighted by atomic mass is 35.5. The van der Waals surface area contributed by atoms with Crippen LogP contribution in [0.1, 0.15) is 32.8 Å². The molecule has 0 saturated heterocycles. The minimum absolute atomic E-state index is 0.0283. The Morgan fingerprint density at radius 3 is 2.40 bits per heavy atom. The number of hydrogen-bond donors (Lipinski definition) is 1. The Morgan fingerprint density at radius 2 is 1.80 bits per heavy atom. The lowest BCUT2D eigenvalue weighted by Gasteiger charge is -2.29. The number of rotatable bonds is 10. The summed E-state index contributed by atoms with van der Waals surface area (Å²) in [6, 6.07) is 13.6. The smallest absolute Gasteiger partial charge is 0.261 e. The highest BCUT2D eigenvalue weighted by Gasteiger charge is 2.27. The van der Waals surface area contributed by atoms with Crippen molar-refractivity contribution in [3.05, 3.63) is 59.1 Å². The minimum atomic E-state index is -0.656. The Bertz CT molecular complexity index is 841. The van der Waals surface area contributed by atoms with E-state index < -0.39 is 6.04 Å². The zero-order valence-electron chi connectivity index (χ0n) is 17.9. The van der Waals surface area contributed by atoms with E-state index in [1.165, 1.54) is 4.90 Å². The van der Waals surface area contributed by atoms with E-state index in [9.17, 15) is 9.59 Å². The molecule has 30 heavy (non-hydrogen) atoms. The first kappa shape index (κ1) is 23.5. The molecule has 0 spiro atoms. The van der Waals surface area contributed by atoms with Crippen LogP contribution in [0.2, 0.25) is 5.02 Å². The van der Waals surface area contributed by atoms with Crippen LogP contribution < -0.4 is 14.8 Å². The minimum Gasteiger partial charge on any atom is -0.497 e. The number of carbonyl (C=O) groups excluding carboxylic acids is 2. The van der Waals surface area contributed by atoms with E-state index in [0.29, 0.717) is 10.8 Å². The molecule has 2 rings (SSSR count). The molecule has 0 aliphatic heterocycles. The lowest BCUT2D eigenvalue weighted by atomic mass is 10.1. The van der Waals surface area contributed by atoms with Gasteiger partial charge in [0.25, 0.3) is 5.91 Å². The molecule has 7 heteroatoms. The number of benzene rings is 2. The lowest BCUT2D eigenvalue weighted by molar-refractivity contribution is -0.142. The summed E-state index contributed by atoms with van der Waals surface area (Å²) in [6.45, 7) is 5.73. The number of nitrogens with zero attached hydrogens (tertiary/aromatic N) is 1. The average Bonchev–Trinajstić information content (AvgIpc) is 2.75. The van der Waals surface area contributed by atoms with Crippen LogP contribution in [0.15, 0.2) is 48.5 Å². The van der Waals surface area contributed by atoms with Gasteiger partial charge < -0.3 is 19.7 Å². The van der Waals surface area contributed by atoms with Crippen LogP contribution >= 0.6 is 11.6 Å². The number of ether oxygens (including phenoxy) is 2. The van der Waals surface area contributed by atoms with E-state index in [0.717, 1.165) is 17.7 Å². The van der Waals surface area contributed by atoms with Gasteiger partial charge in [0.2, 0.25) is 5.91 Å².